The van der Waals surface area contributed by atoms with Crippen molar-refractivity contribution in [1.29, 1.82) is 0 Å². The summed E-state index contributed by atoms with van der Waals surface area (Å²) < 4.78 is 0. The van der Waals surface area contributed by atoms with E-state index in [1.807, 2.05) is 29.2 Å². The standard InChI is InChI=1S/C18H22ClN5O/c1-3-23-7-9-24(10-8-23)18(25)16-12-17(21-13(2)20-16)22-15-6-4-5-14(19)11-15/h4-6,11-12H,3,7-10H2,1-2H3,(H,20,21,22). The zero-order chi connectivity index (χ0) is 17.8. The van der Waals surface area contributed by atoms with Gasteiger partial charge in [0.25, 0.3) is 5.91 Å². The Morgan fingerprint density at radius 2 is 1.96 bits per heavy atom. The number of hydrogen-bond donors (Lipinski definition) is 1. The summed E-state index contributed by atoms with van der Waals surface area (Å²) in [6.07, 6.45) is 0. The second kappa shape index (κ2) is 7.80. The summed E-state index contributed by atoms with van der Waals surface area (Å²) in [5.74, 6) is 1.10. The molecule has 1 amide bonds. The smallest absolute Gasteiger partial charge is 0.272 e. The number of amides is 1. The Morgan fingerprint density at radius 1 is 1.20 bits per heavy atom. The van der Waals surface area contributed by atoms with Crippen molar-refractivity contribution < 1.29 is 4.79 Å². The lowest BCUT2D eigenvalue weighted by atomic mass is 10.2. The average Bonchev–Trinajstić information content (AvgIpc) is 2.60. The third-order valence-corrected chi connectivity index (χ3v) is 4.50. The number of halogens is 1. The van der Waals surface area contributed by atoms with Gasteiger partial charge in [-0.05, 0) is 31.7 Å². The normalized spacial score (nSPS) is 15.2. The van der Waals surface area contributed by atoms with E-state index in [2.05, 4.69) is 27.1 Å². The Labute approximate surface area is 152 Å². The Bertz CT molecular complexity index is 759. The van der Waals surface area contributed by atoms with Crippen molar-refractivity contribution in [3.63, 3.8) is 0 Å². The first kappa shape index (κ1) is 17.6. The van der Waals surface area contributed by atoms with E-state index in [9.17, 15) is 4.79 Å². The van der Waals surface area contributed by atoms with Gasteiger partial charge in [-0.2, -0.15) is 0 Å². The molecule has 132 valence electrons. The van der Waals surface area contributed by atoms with Crippen molar-refractivity contribution in [3.8, 4) is 0 Å². The number of carbonyl (C=O) groups is 1. The molecule has 1 aromatic carbocycles. The molecule has 25 heavy (non-hydrogen) atoms. The zero-order valence-electron chi connectivity index (χ0n) is 14.5. The molecule has 1 fully saturated rings. The summed E-state index contributed by atoms with van der Waals surface area (Å²) in [4.78, 5) is 25.7. The summed E-state index contributed by atoms with van der Waals surface area (Å²) in [6, 6.07) is 9.07. The predicted molar refractivity (Wildman–Crippen MR) is 99.5 cm³/mol. The lowest BCUT2D eigenvalue weighted by molar-refractivity contribution is 0.0637. The molecule has 1 N–H and O–H groups in total. The summed E-state index contributed by atoms with van der Waals surface area (Å²) >= 11 is 6.01. The van der Waals surface area contributed by atoms with Crippen LogP contribution in [0.4, 0.5) is 11.5 Å². The lowest BCUT2D eigenvalue weighted by Crippen LogP contribution is -2.48. The molecule has 7 heteroatoms. The minimum atomic E-state index is -0.0459. The number of carbonyl (C=O) groups excluding carboxylic acids is 1. The van der Waals surface area contributed by atoms with E-state index >= 15 is 0 Å². The molecule has 2 heterocycles. The number of hydrogen-bond acceptors (Lipinski definition) is 5. The molecule has 1 aromatic heterocycles. The summed E-state index contributed by atoms with van der Waals surface area (Å²) in [5.41, 5.74) is 1.24. The number of rotatable bonds is 4. The van der Waals surface area contributed by atoms with Crippen LogP contribution in [0.5, 0.6) is 0 Å². The van der Waals surface area contributed by atoms with E-state index < -0.39 is 0 Å². The van der Waals surface area contributed by atoms with Crippen LogP contribution in [-0.2, 0) is 0 Å². The summed E-state index contributed by atoms with van der Waals surface area (Å²) in [7, 11) is 0. The van der Waals surface area contributed by atoms with Gasteiger partial charge in [0.15, 0.2) is 0 Å². The highest BCUT2D eigenvalue weighted by Gasteiger charge is 2.23. The maximum Gasteiger partial charge on any atom is 0.272 e. The number of aromatic nitrogens is 2. The number of benzene rings is 1. The molecule has 0 aliphatic carbocycles. The zero-order valence-corrected chi connectivity index (χ0v) is 15.3. The molecule has 1 saturated heterocycles. The minimum absolute atomic E-state index is 0.0459. The fraction of sp³-hybridized carbons (Fsp3) is 0.389. The van der Waals surface area contributed by atoms with Crippen LogP contribution >= 0.6 is 11.6 Å². The molecule has 6 nitrogen and oxygen atoms in total. The topological polar surface area (TPSA) is 61.4 Å². The maximum absolute atomic E-state index is 12.8. The Kier molecular flexibility index (Phi) is 5.50. The molecule has 0 saturated carbocycles. The van der Waals surface area contributed by atoms with Crippen molar-refractivity contribution in [2.24, 2.45) is 0 Å². The predicted octanol–water partition coefficient (Wildman–Crippen LogP) is 2.96. The van der Waals surface area contributed by atoms with Crippen molar-refractivity contribution in [1.82, 2.24) is 19.8 Å². The molecule has 1 aliphatic heterocycles. The van der Waals surface area contributed by atoms with Gasteiger partial charge in [-0.25, -0.2) is 9.97 Å². The van der Waals surface area contributed by atoms with Crippen LogP contribution < -0.4 is 5.32 Å². The number of likely N-dealkylation sites (N-methyl/N-ethyl adjacent to an activating group) is 1. The van der Waals surface area contributed by atoms with E-state index in [1.165, 1.54) is 0 Å². The monoisotopic (exact) mass is 359 g/mol. The van der Waals surface area contributed by atoms with Gasteiger partial charge in [-0.15, -0.1) is 0 Å². The number of nitrogens with zero attached hydrogens (tertiary/aromatic N) is 4. The third kappa shape index (κ3) is 4.46. The van der Waals surface area contributed by atoms with Crippen LogP contribution in [-0.4, -0.2) is 58.4 Å². The first-order valence-corrected chi connectivity index (χ1v) is 8.83. The molecular formula is C18H22ClN5O. The molecule has 0 spiro atoms. The fourth-order valence-corrected chi connectivity index (χ4v) is 3.07. The van der Waals surface area contributed by atoms with Gasteiger partial charge in [0.05, 0.1) is 0 Å². The minimum Gasteiger partial charge on any atom is -0.340 e. The van der Waals surface area contributed by atoms with Crippen LogP contribution in [0.15, 0.2) is 30.3 Å². The van der Waals surface area contributed by atoms with Crippen LogP contribution in [0.25, 0.3) is 0 Å². The number of piperazine rings is 1. The Morgan fingerprint density at radius 3 is 2.64 bits per heavy atom. The van der Waals surface area contributed by atoms with E-state index in [-0.39, 0.29) is 5.91 Å². The quantitative estimate of drug-likeness (QED) is 0.909. The number of nitrogens with one attached hydrogen (secondary N) is 1. The number of anilines is 2. The highest BCUT2D eigenvalue weighted by molar-refractivity contribution is 6.30. The van der Waals surface area contributed by atoms with E-state index in [0.717, 1.165) is 38.4 Å². The molecule has 0 unspecified atom stereocenters. The van der Waals surface area contributed by atoms with Gasteiger partial charge in [-0.3, -0.25) is 4.79 Å². The van der Waals surface area contributed by atoms with Crippen LogP contribution in [0.3, 0.4) is 0 Å². The first-order chi connectivity index (χ1) is 12.0. The first-order valence-electron chi connectivity index (χ1n) is 8.45. The SMILES string of the molecule is CCN1CCN(C(=O)c2cc(Nc3cccc(Cl)c3)nc(C)n2)CC1. The summed E-state index contributed by atoms with van der Waals surface area (Å²) in [6.45, 7) is 8.20. The van der Waals surface area contributed by atoms with Gasteiger partial charge >= 0.3 is 0 Å². The van der Waals surface area contributed by atoms with Crippen LogP contribution in [0.1, 0.15) is 23.2 Å². The molecule has 2 aromatic rings. The highest BCUT2D eigenvalue weighted by atomic mass is 35.5. The molecule has 3 rings (SSSR count). The van der Waals surface area contributed by atoms with Crippen molar-refractivity contribution in [2.75, 3.05) is 38.0 Å². The fourth-order valence-electron chi connectivity index (χ4n) is 2.88. The second-order valence-electron chi connectivity index (χ2n) is 6.05. The van der Waals surface area contributed by atoms with E-state index in [0.29, 0.717) is 22.4 Å². The van der Waals surface area contributed by atoms with E-state index in [4.69, 9.17) is 11.6 Å². The molecular weight excluding hydrogens is 338 g/mol. The number of aryl methyl sites for hydroxylation is 1. The van der Waals surface area contributed by atoms with Crippen molar-refractivity contribution in [2.45, 2.75) is 13.8 Å². The molecule has 0 atom stereocenters. The molecule has 1 aliphatic rings. The van der Waals surface area contributed by atoms with Crippen molar-refractivity contribution >= 4 is 29.0 Å². The summed E-state index contributed by atoms with van der Waals surface area (Å²) in [5, 5.41) is 3.83. The lowest BCUT2D eigenvalue weighted by Gasteiger charge is -2.33. The van der Waals surface area contributed by atoms with Gasteiger partial charge in [0, 0.05) is 43.0 Å². The second-order valence-corrected chi connectivity index (χ2v) is 6.48. The highest BCUT2D eigenvalue weighted by Crippen LogP contribution is 2.20. The molecule has 0 bridgehead atoms. The van der Waals surface area contributed by atoms with E-state index in [1.54, 1.807) is 13.0 Å². The maximum atomic E-state index is 12.8. The van der Waals surface area contributed by atoms with Crippen molar-refractivity contribution in [3.05, 3.63) is 46.9 Å². The average molecular weight is 360 g/mol. The van der Waals surface area contributed by atoms with Gasteiger partial charge in [0.2, 0.25) is 0 Å². The van der Waals surface area contributed by atoms with Gasteiger partial charge in [0.1, 0.15) is 17.3 Å². The largest absolute Gasteiger partial charge is 0.340 e. The van der Waals surface area contributed by atoms with Crippen LogP contribution in [0.2, 0.25) is 5.02 Å². The Hall–Kier alpha value is -2.18. The third-order valence-electron chi connectivity index (χ3n) is 4.26. The Balaban J connectivity index is 1.76. The molecule has 0 radical (unpaired) electrons. The van der Waals surface area contributed by atoms with Gasteiger partial charge < -0.3 is 15.1 Å². The van der Waals surface area contributed by atoms with Crippen LogP contribution in [0, 0.1) is 6.92 Å². The van der Waals surface area contributed by atoms with Gasteiger partial charge in [-0.1, -0.05) is 24.6 Å².